The molecule has 0 aliphatic rings. The Balaban J connectivity index is 2.18. The second kappa shape index (κ2) is 7.50. The minimum Gasteiger partial charge on any atom is -0.493 e. The number of para-hydroxylation sites is 1. The van der Waals surface area contributed by atoms with Crippen LogP contribution in [0.3, 0.4) is 0 Å². The number of alkyl halides is 3. The zero-order valence-electron chi connectivity index (χ0n) is 15.8. The van der Waals surface area contributed by atoms with Crippen LogP contribution in [-0.2, 0) is 6.18 Å². The molecule has 0 saturated carbocycles. The molecule has 0 fully saturated rings. The molecule has 1 aromatic heterocycles. The van der Waals surface area contributed by atoms with Crippen LogP contribution in [0.1, 0.15) is 16.8 Å². The SMILES string of the molecule is COc1cc(C)c(-n2c(=O)cc(C(F)(F)F)[nH]c2=O)cc1Oc1ccccc1C. The summed E-state index contributed by atoms with van der Waals surface area (Å²) in [5.41, 5.74) is -2.38. The van der Waals surface area contributed by atoms with E-state index >= 15 is 0 Å². The van der Waals surface area contributed by atoms with Gasteiger partial charge in [0.15, 0.2) is 11.5 Å². The van der Waals surface area contributed by atoms with Crippen molar-refractivity contribution in [1.29, 1.82) is 0 Å². The molecule has 152 valence electrons. The van der Waals surface area contributed by atoms with Gasteiger partial charge in [0.05, 0.1) is 12.8 Å². The molecule has 0 radical (unpaired) electrons. The summed E-state index contributed by atoms with van der Waals surface area (Å²) >= 11 is 0. The monoisotopic (exact) mass is 406 g/mol. The fraction of sp³-hybridized carbons (Fsp3) is 0.200. The van der Waals surface area contributed by atoms with Gasteiger partial charge in [0, 0.05) is 12.1 Å². The first-order valence-electron chi connectivity index (χ1n) is 8.48. The van der Waals surface area contributed by atoms with Crippen molar-refractivity contribution in [3.05, 3.63) is 80.1 Å². The summed E-state index contributed by atoms with van der Waals surface area (Å²) in [6.07, 6.45) is -4.84. The lowest BCUT2D eigenvalue weighted by Gasteiger charge is -2.16. The van der Waals surface area contributed by atoms with Gasteiger partial charge in [-0.25, -0.2) is 9.36 Å². The van der Waals surface area contributed by atoms with Crippen LogP contribution < -0.4 is 20.7 Å². The van der Waals surface area contributed by atoms with Crippen molar-refractivity contribution in [3.63, 3.8) is 0 Å². The Bertz CT molecular complexity index is 1150. The highest BCUT2D eigenvalue weighted by Crippen LogP contribution is 2.36. The fourth-order valence-corrected chi connectivity index (χ4v) is 2.80. The number of halogens is 3. The summed E-state index contributed by atoms with van der Waals surface area (Å²) < 4.78 is 50.3. The van der Waals surface area contributed by atoms with Crippen molar-refractivity contribution < 1.29 is 22.6 Å². The van der Waals surface area contributed by atoms with E-state index in [2.05, 4.69) is 0 Å². The molecule has 2 aromatic carbocycles. The Morgan fingerprint density at radius 3 is 2.21 bits per heavy atom. The molecule has 0 spiro atoms. The maximum Gasteiger partial charge on any atom is 0.431 e. The zero-order chi connectivity index (χ0) is 21.3. The van der Waals surface area contributed by atoms with Gasteiger partial charge in [-0.05, 0) is 37.1 Å². The van der Waals surface area contributed by atoms with Crippen molar-refractivity contribution in [2.45, 2.75) is 20.0 Å². The van der Waals surface area contributed by atoms with Crippen molar-refractivity contribution in [3.8, 4) is 22.9 Å². The first kappa shape index (κ1) is 20.2. The number of hydrogen-bond donors (Lipinski definition) is 1. The lowest BCUT2D eigenvalue weighted by atomic mass is 10.1. The third-order valence-corrected chi connectivity index (χ3v) is 4.27. The van der Waals surface area contributed by atoms with Gasteiger partial charge < -0.3 is 14.5 Å². The smallest absolute Gasteiger partial charge is 0.431 e. The highest BCUT2D eigenvalue weighted by atomic mass is 19.4. The molecule has 1 heterocycles. The van der Waals surface area contributed by atoms with Gasteiger partial charge in [-0.3, -0.25) is 4.79 Å². The van der Waals surface area contributed by atoms with Gasteiger partial charge in [-0.2, -0.15) is 13.2 Å². The Kier molecular flexibility index (Phi) is 5.23. The van der Waals surface area contributed by atoms with Gasteiger partial charge in [0.1, 0.15) is 11.4 Å². The van der Waals surface area contributed by atoms with E-state index in [4.69, 9.17) is 9.47 Å². The average Bonchev–Trinajstić information content (AvgIpc) is 2.64. The number of aromatic amines is 1. The molecule has 9 heteroatoms. The minimum absolute atomic E-state index is 0.0781. The number of aromatic nitrogens is 2. The van der Waals surface area contributed by atoms with Crippen molar-refractivity contribution >= 4 is 0 Å². The fourth-order valence-electron chi connectivity index (χ4n) is 2.80. The molecule has 0 amide bonds. The van der Waals surface area contributed by atoms with Crippen LogP contribution in [0.5, 0.6) is 17.2 Å². The van der Waals surface area contributed by atoms with Crippen LogP contribution in [0.15, 0.2) is 52.1 Å². The number of methoxy groups -OCH3 is 1. The van der Waals surface area contributed by atoms with E-state index in [0.717, 1.165) is 5.56 Å². The molecular weight excluding hydrogens is 389 g/mol. The number of benzene rings is 2. The number of aryl methyl sites for hydroxylation is 2. The highest BCUT2D eigenvalue weighted by molar-refractivity contribution is 5.55. The van der Waals surface area contributed by atoms with Crippen LogP contribution >= 0.6 is 0 Å². The van der Waals surface area contributed by atoms with Crippen molar-refractivity contribution in [2.24, 2.45) is 0 Å². The summed E-state index contributed by atoms with van der Waals surface area (Å²) in [6, 6.07) is 10.4. The number of nitrogens with zero attached hydrogens (tertiary/aromatic N) is 1. The quantitative estimate of drug-likeness (QED) is 0.712. The maximum absolute atomic E-state index is 12.8. The van der Waals surface area contributed by atoms with Crippen molar-refractivity contribution in [2.75, 3.05) is 7.11 Å². The molecule has 0 aliphatic heterocycles. The van der Waals surface area contributed by atoms with Crippen LogP contribution in [0.4, 0.5) is 13.2 Å². The largest absolute Gasteiger partial charge is 0.493 e. The van der Waals surface area contributed by atoms with Gasteiger partial charge in [0.2, 0.25) is 0 Å². The molecule has 6 nitrogen and oxygen atoms in total. The van der Waals surface area contributed by atoms with Crippen LogP contribution in [0.2, 0.25) is 0 Å². The Hall–Kier alpha value is -3.49. The Labute approximate surface area is 163 Å². The first-order chi connectivity index (χ1) is 13.6. The first-order valence-corrected chi connectivity index (χ1v) is 8.48. The topological polar surface area (TPSA) is 73.3 Å². The Morgan fingerprint density at radius 1 is 0.931 bits per heavy atom. The second-order valence-corrected chi connectivity index (χ2v) is 6.32. The number of hydrogen-bond acceptors (Lipinski definition) is 4. The molecule has 1 N–H and O–H groups in total. The van der Waals surface area contributed by atoms with Gasteiger partial charge in [-0.1, -0.05) is 18.2 Å². The molecule has 0 unspecified atom stereocenters. The standard InChI is InChI=1S/C20H17F3N2O4/c1-11-6-4-5-7-14(11)29-16-9-13(12(2)8-15(16)28-3)25-18(26)10-17(20(21,22)23)24-19(25)27/h4-10H,1-3H3,(H,24,27). The summed E-state index contributed by atoms with van der Waals surface area (Å²) in [5.74, 6) is 1.06. The van der Waals surface area contributed by atoms with Gasteiger partial charge in [0.25, 0.3) is 5.56 Å². The third-order valence-electron chi connectivity index (χ3n) is 4.27. The van der Waals surface area contributed by atoms with E-state index in [1.807, 2.05) is 19.1 Å². The van der Waals surface area contributed by atoms with Crippen LogP contribution in [-0.4, -0.2) is 16.7 Å². The zero-order valence-corrected chi connectivity index (χ0v) is 15.8. The summed E-state index contributed by atoms with van der Waals surface area (Å²) in [6.45, 7) is 3.43. The summed E-state index contributed by atoms with van der Waals surface area (Å²) in [5, 5.41) is 0. The third kappa shape index (κ3) is 4.03. The van der Waals surface area contributed by atoms with E-state index in [-0.39, 0.29) is 11.4 Å². The lowest BCUT2D eigenvalue weighted by molar-refractivity contribution is -0.141. The number of H-pyrrole nitrogens is 1. The predicted molar refractivity (Wildman–Crippen MR) is 100 cm³/mol. The average molecular weight is 406 g/mol. The summed E-state index contributed by atoms with van der Waals surface area (Å²) in [4.78, 5) is 26.3. The van der Waals surface area contributed by atoms with E-state index < -0.39 is 23.1 Å². The predicted octanol–water partition coefficient (Wildman–Crippen LogP) is 3.96. The van der Waals surface area contributed by atoms with E-state index in [1.54, 1.807) is 24.0 Å². The van der Waals surface area contributed by atoms with E-state index in [0.29, 0.717) is 27.7 Å². The molecule has 0 bridgehead atoms. The van der Waals surface area contributed by atoms with Crippen LogP contribution in [0.25, 0.3) is 5.69 Å². The molecular formula is C20H17F3N2O4. The molecule has 0 atom stereocenters. The minimum atomic E-state index is -4.84. The molecule has 29 heavy (non-hydrogen) atoms. The van der Waals surface area contributed by atoms with Gasteiger partial charge in [-0.15, -0.1) is 0 Å². The van der Waals surface area contributed by atoms with Crippen LogP contribution in [0, 0.1) is 13.8 Å². The molecule has 0 aliphatic carbocycles. The van der Waals surface area contributed by atoms with Gasteiger partial charge >= 0.3 is 11.9 Å². The maximum atomic E-state index is 12.8. The summed E-state index contributed by atoms with van der Waals surface area (Å²) in [7, 11) is 1.43. The van der Waals surface area contributed by atoms with E-state index in [9.17, 15) is 22.8 Å². The number of nitrogens with one attached hydrogen (secondary N) is 1. The molecule has 3 aromatic rings. The lowest BCUT2D eigenvalue weighted by Crippen LogP contribution is -2.36. The Morgan fingerprint density at radius 2 is 1.62 bits per heavy atom. The second-order valence-electron chi connectivity index (χ2n) is 6.32. The van der Waals surface area contributed by atoms with E-state index in [1.165, 1.54) is 19.2 Å². The highest BCUT2D eigenvalue weighted by Gasteiger charge is 2.33. The number of rotatable bonds is 4. The number of ether oxygens (including phenoxy) is 2. The molecule has 0 saturated heterocycles. The normalized spacial score (nSPS) is 11.4. The van der Waals surface area contributed by atoms with Crippen molar-refractivity contribution in [1.82, 2.24) is 9.55 Å². The molecule has 3 rings (SSSR count).